The zero-order chi connectivity index (χ0) is 13.1. The van der Waals surface area contributed by atoms with E-state index in [0.717, 1.165) is 25.7 Å². The molecule has 0 aromatic carbocycles. The van der Waals surface area contributed by atoms with Crippen LogP contribution in [0.2, 0.25) is 0 Å². The molecule has 0 saturated heterocycles. The van der Waals surface area contributed by atoms with Crippen molar-refractivity contribution in [1.82, 2.24) is 0 Å². The van der Waals surface area contributed by atoms with Crippen molar-refractivity contribution in [2.75, 3.05) is 0 Å². The van der Waals surface area contributed by atoms with Crippen molar-refractivity contribution in [3.8, 4) is 6.07 Å². The summed E-state index contributed by atoms with van der Waals surface area (Å²) < 4.78 is 0. The number of nitrogens with zero attached hydrogens (tertiary/aromatic N) is 1. The second-order valence-electron chi connectivity index (χ2n) is 4.82. The number of hydrogen-bond donors (Lipinski definition) is 0. The van der Waals surface area contributed by atoms with E-state index < -0.39 is 0 Å². The Morgan fingerprint density at radius 2 is 1.41 bits per heavy atom. The Hall–Kier alpha value is -1.29. The highest BCUT2D eigenvalue weighted by Gasteiger charge is 1.91. The van der Waals surface area contributed by atoms with E-state index in [9.17, 15) is 0 Å². The highest BCUT2D eigenvalue weighted by atomic mass is 14.2. The lowest BCUT2D eigenvalue weighted by molar-refractivity contribution is 0.915. The lowest BCUT2D eigenvalue weighted by Gasteiger charge is -2.00. The third-order valence-electron chi connectivity index (χ3n) is 2.66. The number of allylic oxidation sites excluding steroid dienone is 6. The minimum atomic E-state index is 0.537. The first-order chi connectivity index (χ1) is 8.06. The van der Waals surface area contributed by atoms with Crippen molar-refractivity contribution in [3.63, 3.8) is 0 Å². The minimum Gasteiger partial charge on any atom is -0.198 e. The van der Waals surface area contributed by atoms with Crippen LogP contribution in [0.25, 0.3) is 0 Å². The summed E-state index contributed by atoms with van der Waals surface area (Å²) in [6.07, 6.45) is 11.6. The predicted octanol–water partition coefficient (Wildman–Crippen LogP) is 5.32. The highest BCUT2D eigenvalue weighted by molar-refractivity contribution is 5.06. The molecule has 0 aliphatic rings. The first-order valence-electron chi connectivity index (χ1n) is 6.38. The molecule has 0 radical (unpaired) electrons. The van der Waals surface area contributed by atoms with Crippen LogP contribution in [0.4, 0.5) is 0 Å². The van der Waals surface area contributed by atoms with Gasteiger partial charge >= 0.3 is 0 Å². The maximum absolute atomic E-state index is 8.46. The quantitative estimate of drug-likeness (QED) is 0.544. The van der Waals surface area contributed by atoms with Gasteiger partial charge in [-0.05, 0) is 53.4 Å². The van der Waals surface area contributed by atoms with Gasteiger partial charge in [-0.25, -0.2) is 0 Å². The van der Waals surface area contributed by atoms with E-state index in [1.54, 1.807) is 0 Å². The zero-order valence-electron chi connectivity index (χ0n) is 11.7. The van der Waals surface area contributed by atoms with Gasteiger partial charge in [-0.3, -0.25) is 0 Å². The van der Waals surface area contributed by atoms with Crippen LogP contribution in [-0.4, -0.2) is 0 Å². The molecule has 0 fully saturated rings. The van der Waals surface area contributed by atoms with Crippen LogP contribution in [0, 0.1) is 11.3 Å². The average molecular weight is 231 g/mol. The van der Waals surface area contributed by atoms with Crippen LogP contribution in [0.15, 0.2) is 34.9 Å². The van der Waals surface area contributed by atoms with E-state index in [1.165, 1.54) is 16.7 Å². The molecular weight excluding hydrogens is 206 g/mol. The summed E-state index contributed by atoms with van der Waals surface area (Å²) in [7, 11) is 0. The van der Waals surface area contributed by atoms with Gasteiger partial charge in [-0.1, -0.05) is 34.9 Å². The number of nitriles is 1. The molecule has 94 valence electrons. The fourth-order valence-corrected chi connectivity index (χ4v) is 1.56. The van der Waals surface area contributed by atoms with E-state index in [-0.39, 0.29) is 0 Å². The maximum Gasteiger partial charge on any atom is 0.0663 e. The molecular formula is C16H25N. The normalized spacial score (nSPS) is 12.2. The van der Waals surface area contributed by atoms with Gasteiger partial charge in [0.25, 0.3) is 0 Å². The van der Waals surface area contributed by atoms with Gasteiger partial charge in [0.15, 0.2) is 0 Å². The molecule has 17 heavy (non-hydrogen) atoms. The van der Waals surface area contributed by atoms with Gasteiger partial charge < -0.3 is 0 Å². The van der Waals surface area contributed by atoms with E-state index in [4.69, 9.17) is 5.26 Å². The third-order valence-corrected chi connectivity index (χ3v) is 2.66. The van der Waals surface area contributed by atoms with Gasteiger partial charge in [0.2, 0.25) is 0 Å². The van der Waals surface area contributed by atoms with Crippen LogP contribution in [-0.2, 0) is 0 Å². The molecule has 0 bridgehead atoms. The van der Waals surface area contributed by atoms with Crippen LogP contribution < -0.4 is 0 Å². The number of rotatable bonds is 7. The van der Waals surface area contributed by atoms with Crippen LogP contribution in [0.3, 0.4) is 0 Å². The van der Waals surface area contributed by atoms with Gasteiger partial charge in [0, 0.05) is 0 Å². The third kappa shape index (κ3) is 11.0. The lowest BCUT2D eigenvalue weighted by Crippen LogP contribution is -1.80. The smallest absolute Gasteiger partial charge is 0.0663 e. The minimum absolute atomic E-state index is 0.537. The summed E-state index contributed by atoms with van der Waals surface area (Å²) in [5.74, 6) is 0. The second-order valence-corrected chi connectivity index (χ2v) is 4.82. The van der Waals surface area contributed by atoms with E-state index in [0.29, 0.717) is 6.42 Å². The lowest BCUT2D eigenvalue weighted by atomic mass is 10.1. The molecule has 1 heteroatoms. The molecule has 0 unspecified atom stereocenters. The van der Waals surface area contributed by atoms with Crippen molar-refractivity contribution in [2.24, 2.45) is 0 Å². The first-order valence-corrected chi connectivity index (χ1v) is 6.38. The topological polar surface area (TPSA) is 23.8 Å². The van der Waals surface area contributed by atoms with Crippen molar-refractivity contribution in [1.29, 1.82) is 5.26 Å². The molecule has 0 heterocycles. The monoisotopic (exact) mass is 231 g/mol. The molecule has 0 aliphatic heterocycles. The molecule has 0 saturated carbocycles. The average Bonchev–Trinajstić information content (AvgIpc) is 2.25. The van der Waals surface area contributed by atoms with Gasteiger partial charge in [-0.15, -0.1) is 0 Å². The Labute approximate surface area is 107 Å². The standard InChI is InChI=1S/C16H25N/c1-14(2)8-5-9-15(3)10-6-11-16(4)12-7-13-17/h8,10,12H,5-7,9,11H2,1-4H3/b15-10-,16-12+. The summed E-state index contributed by atoms with van der Waals surface area (Å²) in [5.41, 5.74) is 4.18. The molecule has 0 aromatic heterocycles. The molecule has 0 spiro atoms. The summed E-state index contributed by atoms with van der Waals surface area (Å²) in [4.78, 5) is 0. The van der Waals surface area contributed by atoms with E-state index in [1.807, 2.05) is 6.08 Å². The van der Waals surface area contributed by atoms with Crippen LogP contribution in [0.5, 0.6) is 0 Å². The SMILES string of the molecule is CC(C)=CCC/C(C)=C\CC/C(C)=C/CC#N. The van der Waals surface area contributed by atoms with Crippen molar-refractivity contribution < 1.29 is 0 Å². The number of hydrogen-bond acceptors (Lipinski definition) is 1. The molecule has 0 rings (SSSR count). The summed E-state index contributed by atoms with van der Waals surface area (Å²) in [6, 6.07) is 2.14. The fourth-order valence-electron chi connectivity index (χ4n) is 1.56. The molecule has 0 aliphatic carbocycles. The van der Waals surface area contributed by atoms with E-state index in [2.05, 4.69) is 45.9 Å². The predicted molar refractivity (Wildman–Crippen MR) is 75.6 cm³/mol. The van der Waals surface area contributed by atoms with Crippen LogP contribution in [0.1, 0.15) is 59.8 Å². The molecule has 1 nitrogen and oxygen atoms in total. The molecule has 0 N–H and O–H groups in total. The Bertz CT molecular complexity index is 333. The van der Waals surface area contributed by atoms with Gasteiger partial charge in [-0.2, -0.15) is 5.26 Å². The zero-order valence-corrected chi connectivity index (χ0v) is 11.7. The fraction of sp³-hybridized carbons (Fsp3) is 0.562. The van der Waals surface area contributed by atoms with Crippen molar-refractivity contribution in [2.45, 2.75) is 59.8 Å². The second kappa shape index (κ2) is 9.90. The Morgan fingerprint density at radius 3 is 1.94 bits per heavy atom. The molecule has 0 aromatic rings. The van der Waals surface area contributed by atoms with Gasteiger partial charge in [0.05, 0.1) is 12.5 Å². The molecule has 0 amide bonds. The van der Waals surface area contributed by atoms with Crippen molar-refractivity contribution in [3.05, 3.63) is 34.9 Å². The maximum atomic E-state index is 8.46. The Kier molecular flexibility index (Phi) is 9.15. The summed E-state index contributed by atoms with van der Waals surface area (Å²) in [5, 5.41) is 8.46. The highest BCUT2D eigenvalue weighted by Crippen LogP contribution is 2.11. The summed E-state index contributed by atoms with van der Waals surface area (Å²) in [6.45, 7) is 8.58. The van der Waals surface area contributed by atoms with E-state index >= 15 is 0 Å². The Balaban J connectivity index is 3.85. The van der Waals surface area contributed by atoms with Gasteiger partial charge in [0.1, 0.15) is 0 Å². The first kappa shape index (κ1) is 15.7. The Morgan fingerprint density at radius 1 is 0.882 bits per heavy atom. The summed E-state index contributed by atoms with van der Waals surface area (Å²) >= 11 is 0. The molecule has 0 atom stereocenters. The van der Waals surface area contributed by atoms with Crippen LogP contribution >= 0.6 is 0 Å². The van der Waals surface area contributed by atoms with Crippen molar-refractivity contribution >= 4 is 0 Å². The largest absolute Gasteiger partial charge is 0.198 e.